The molecule has 4 heteroatoms. The Morgan fingerprint density at radius 3 is 2.48 bits per heavy atom. The molecule has 0 unspecified atom stereocenters. The molecule has 0 aliphatic heterocycles. The summed E-state index contributed by atoms with van der Waals surface area (Å²) in [7, 11) is 0. The van der Waals surface area contributed by atoms with Crippen molar-refractivity contribution in [3.05, 3.63) is 34.3 Å². The lowest BCUT2D eigenvalue weighted by molar-refractivity contribution is -0.114. The van der Waals surface area contributed by atoms with Crippen LogP contribution in [0, 0.1) is 5.41 Å². The third kappa shape index (κ3) is 4.26. The van der Waals surface area contributed by atoms with Crippen LogP contribution in [-0.2, 0) is 11.2 Å². The molecule has 0 bridgehead atoms. The number of benzene rings is 1. The van der Waals surface area contributed by atoms with Crippen molar-refractivity contribution in [1.29, 1.82) is 0 Å². The van der Waals surface area contributed by atoms with E-state index in [1.165, 1.54) is 0 Å². The Morgan fingerprint density at radius 1 is 1.33 bits per heavy atom. The first-order valence-corrected chi connectivity index (χ1v) is 7.73. The minimum absolute atomic E-state index is 0.0616. The molecule has 0 amide bonds. The highest BCUT2D eigenvalue weighted by atomic mass is 35.5. The maximum atomic E-state index is 13.2. The zero-order valence-electron chi connectivity index (χ0n) is 12.5. The average Bonchev–Trinajstić information content (AvgIpc) is 2.39. The van der Waals surface area contributed by atoms with E-state index in [1.54, 1.807) is 0 Å². The Bertz CT molecular complexity index is 516. The second kappa shape index (κ2) is 6.04. The van der Waals surface area contributed by atoms with Crippen LogP contribution in [0.1, 0.15) is 56.6 Å². The van der Waals surface area contributed by atoms with Gasteiger partial charge in [0.2, 0.25) is 5.92 Å². The Hall–Kier alpha value is -0.960. The predicted octanol–water partition coefficient (Wildman–Crippen LogP) is 5.40. The van der Waals surface area contributed by atoms with Crippen LogP contribution < -0.4 is 0 Å². The summed E-state index contributed by atoms with van der Waals surface area (Å²) in [6.45, 7) is 3.76. The summed E-state index contributed by atoms with van der Waals surface area (Å²) in [4.78, 5) is 11.0. The smallest absolute Gasteiger partial charge is 0.248 e. The summed E-state index contributed by atoms with van der Waals surface area (Å²) >= 11 is 6.33. The van der Waals surface area contributed by atoms with Crippen LogP contribution in [0.4, 0.5) is 8.78 Å². The van der Waals surface area contributed by atoms with Gasteiger partial charge in [-0.25, -0.2) is 8.78 Å². The SMILES string of the molecule is CC(C)(C=O)Cc1ccc(C2CCC(F)(F)CC2)c(Cl)c1. The van der Waals surface area contributed by atoms with Gasteiger partial charge in [-0.15, -0.1) is 0 Å². The van der Waals surface area contributed by atoms with Crippen molar-refractivity contribution in [3.63, 3.8) is 0 Å². The van der Waals surface area contributed by atoms with Gasteiger partial charge in [-0.2, -0.15) is 0 Å². The fourth-order valence-electron chi connectivity index (χ4n) is 2.93. The van der Waals surface area contributed by atoms with Crippen LogP contribution in [-0.4, -0.2) is 12.2 Å². The predicted molar refractivity (Wildman–Crippen MR) is 81.2 cm³/mol. The Labute approximate surface area is 129 Å². The molecular weight excluding hydrogens is 294 g/mol. The number of aldehydes is 1. The van der Waals surface area contributed by atoms with Crippen molar-refractivity contribution in [1.82, 2.24) is 0 Å². The largest absolute Gasteiger partial charge is 0.303 e. The summed E-state index contributed by atoms with van der Waals surface area (Å²) < 4.78 is 26.4. The van der Waals surface area contributed by atoms with E-state index in [-0.39, 0.29) is 18.8 Å². The maximum Gasteiger partial charge on any atom is 0.248 e. The number of rotatable bonds is 4. The molecule has 1 aromatic rings. The van der Waals surface area contributed by atoms with Gasteiger partial charge in [-0.05, 0) is 42.4 Å². The van der Waals surface area contributed by atoms with Gasteiger partial charge in [0.1, 0.15) is 6.29 Å². The molecule has 1 aliphatic carbocycles. The molecule has 1 aromatic carbocycles. The van der Waals surface area contributed by atoms with Gasteiger partial charge >= 0.3 is 0 Å². The van der Waals surface area contributed by atoms with Crippen LogP contribution in [0.15, 0.2) is 18.2 Å². The van der Waals surface area contributed by atoms with Gasteiger partial charge < -0.3 is 4.79 Å². The third-order valence-electron chi connectivity index (χ3n) is 4.20. The van der Waals surface area contributed by atoms with Gasteiger partial charge in [-0.3, -0.25) is 0 Å². The first kappa shape index (κ1) is 16.4. The molecule has 0 aromatic heterocycles. The highest BCUT2D eigenvalue weighted by Gasteiger charge is 2.35. The topological polar surface area (TPSA) is 17.1 Å². The summed E-state index contributed by atoms with van der Waals surface area (Å²) in [6, 6.07) is 5.76. The molecule has 0 heterocycles. The van der Waals surface area contributed by atoms with Crippen molar-refractivity contribution in [3.8, 4) is 0 Å². The lowest BCUT2D eigenvalue weighted by Gasteiger charge is -2.29. The van der Waals surface area contributed by atoms with Gasteiger partial charge in [-0.1, -0.05) is 37.6 Å². The second-order valence-corrected chi connectivity index (χ2v) is 7.18. The fourth-order valence-corrected chi connectivity index (χ4v) is 3.29. The normalized spacial score (nSPS) is 19.5. The number of carbonyl (C=O) groups excluding carboxylic acids is 1. The molecule has 1 saturated carbocycles. The standard InChI is InChI=1S/C17H21ClF2O/c1-16(2,11-21)10-12-3-4-14(15(18)9-12)13-5-7-17(19,20)8-6-13/h3-4,9,11,13H,5-8,10H2,1-2H3. The lowest BCUT2D eigenvalue weighted by Crippen LogP contribution is -2.23. The molecule has 0 spiro atoms. The third-order valence-corrected chi connectivity index (χ3v) is 4.53. The van der Waals surface area contributed by atoms with Crippen molar-refractivity contribution in [2.24, 2.45) is 5.41 Å². The molecule has 0 atom stereocenters. The molecule has 0 radical (unpaired) electrons. The average molecular weight is 315 g/mol. The van der Waals surface area contributed by atoms with Crippen LogP contribution in [0.25, 0.3) is 0 Å². The van der Waals surface area contributed by atoms with E-state index in [0.29, 0.717) is 24.3 Å². The highest BCUT2D eigenvalue weighted by molar-refractivity contribution is 6.31. The van der Waals surface area contributed by atoms with Gasteiger partial charge in [0, 0.05) is 23.3 Å². The first-order chi connectivity index (χ1) is 9.72. The van der Waals surface area contributed by atoms with E-state index >= 15 is 0 Å². The number of carbonyl (C=O) groups is 1. The minimum atomic E-state index is -2.52. The van der Waals surface area contributed by atoms with E-state index in [4.69, 9.17) is 11.6 Å². The molecule has 21 heavy (non-hydrogen) atoms. The second-order valence-electron chi connectivity index (χ2n) is 6.77. The van der Waals surface area contributed by atoms with Crippen molar-refractivity contribution < 1.29 is 13.6 Å². The fraction of sp³-hybridized carbons (Fsp3) is 0.588. The van der Waals surface area contributed by atoms with Crippen LogP contribution in [0.3, 0.4) is 0 Å². The molecule has 116 valence electrons. The maximum absolute atomic E-state index is 13.2. The van der Waals surface area contributed by atoms with Gasteiger partial charge in [0.15, 0.2) is 0 Å². The number of hydrogen-bond donors (Lipinski definition) is 0. The Balaban J connectivity index is 2.11. The molecular formula is C17H21ClF2O. The van der Waals surface area contributed by atoms with Crippen molar-refractivity contribution in [2.45, 2.75) is 57.8 Å². The number of alkyl halides is 2. The molecule has 1 aliphatic rings. The first-order valence-electron chi connectivity index (χ1n) is 7.35. The van der Waals surface area contributed by atoms with Crippen LogP contribution in [0.2, 0.25) is 5.02 Å². The van der Waals surface area contributed by atoms with Crippen LogP contribution in [0.5, 0.6) is 0 Å². The van der Waals surface area contributed by atoms with E-state index in [0.717, 1.165) is 17.4 Å². The summed E-state index contributed by atoms with van der Waals surface area (Å²) in [6.07, 6.45) is 2.40. The summed E-state index contributed by atoms with van der Waals surface area (Å²) in [5.74, 6) is -2.40. The molecule has 1 fully saturated rings. The molecule has 0 saturated heterocycles. The summed E-state index contributed by atoms with van der Waals surface area (Å²) in [5, 5.41) is 0.629. The van der Waals surface area contributed by atoms with Crippen LogP contribution >= 0.6 is 11.6 Å². The summed E-state index contributed by atoms with van der Waals surface area (Å²) in [5.41, 5.74) is 1.54. The lowest BCUT2D eigenvalue weighted by atomic mass is 9.81. The monoisotopic (exact) mass is 314 g/mol. The van der Waals surface area contributed by atoms with Crippen molar-refractivity contribution in [2.75, 3.05) is 0 Å². The molecule has 2 rings (SSSR count). The molecule has 0 N–H and O–H groups in total. The van der Waals surface area contributed by atoms with Gasteiger partial charge in [0.25, 0.3) is 0 Å². The number of halogens is 3. The van der Waals surface area contributed by atoms with E-state index in [1.807, 2.05) is 32.0 Å². The minimum Gasteiger partial charge on any atom is -0.303 e. The zero-order chi connectivity index (χ0) is 15.7. The zero-order valence-corrected chi connectivity index (χ0v) is 13.2. The number of hydrogen-bond acceptors (Lipinski definition) is 1. The quantitative estimate of drug-likeness (QED) is 0.680. The Kier molecular flexibility index (Phi) is 4.72. The van der Waals surface area contributed by atoms with Crippen molar-refractivity contribution >= 4 is 17.9 Å². The Morgan fingerprint density at radius 2 is 1.95 bits per heavy atom. The van der Waals surface area contributed by atoms with Gasteiger partial charge in [0.05, 0.1) is 0 Å². The van der Waals surface area contributed by atoms with E-state index in [9.17, 15) is 13.6 Å². The molecule has 1 nitrogen and oxygen atoms in total. The highest BCUT2D eigenvalue weighted by Crippen LogP contribution is 2.42. The van der Waals surface area contributed by atoms with E-state index < -0.39 is 11.3 Å². The van der Waals surface area contributed by atoms with E-state index in [2.05, 4.69) is 0 Å².